The van der Waals surface area contributed by atoms with E-state index in [-0.39, 0.29) is 16.9 Å². The number of aliphatic hydroxyl groups is 1. The second kappa shape index (κ2) is 5.73. The highest BCUT2D eigenvalue weighted by Gasteiger charge is 2.62. The van der Waals surface area contributed by atoms with Crippen LogP contribution < -0.4 is 0 Å². The minimum atomic E-state index is -0.481. The Balaban J connectivity index is 1.70. The van der Waals surface area contributed by atoms with Crippen molar-refractivity contribution in [3.8, 4) is 0 Å². The average molecular weight is 349 g/mol. The summed E-state index contributed by atoms with van der Waals surface area (Å²) in [5.41, 5.74) is 1.44. The number of rotatable bonds is 2. The molecule has 0 amide bonds. The zero-order valence-electron chi connectivity index (χ0n) is 16.7. The highest BCUT2D eigenvalue weighted by molar-refractivity contribution is 5.29. The summed E-state index contributed by atoms with van der Waals surface area (Å²) in [5, 5.41) is 11.0. The summed E-state index contributed by atoms with van der Waals surface area (Å²) < 4.78 is 11.6. The SMILES string of the molecule is COC1=C2CCC3C(CCC4(C)C3CCC4(C)O)C2(C)CCC1OC. The topological polar surface area (TPSA) is 38.7 Å². The molecule has 0 bridgehead atoms. The maximum atomic E-state index is 11.0. The van der Waals surface area contributed by atoms with Crippen LogP contribution in [0.3, 0.4) is 0 Å². The van der Waals surface area contributed by atoms with Crippen molar-refractivity contribution in [2.45, 2.75) is 83.8 Å². The van der Waals surface area contributed by atoms with Gasteiger partial charge in [0.2, 0.25) is 0 Å². The first-order valence-corrected chi connectivity index (χ1v) is 10.3. The van der Waals surface area contributed by atoms with Crippen LogP contribution in [0.4, 0.5) is 0 Å². The fourth-order valence-corrected chi connectivity index (χ4v) is 7.52. The lowest BCUT2D eigenvalue weighted by Crippen LogP contribution is -2.54. The van der Waals surface area contributed by atoms with Crippen molar-refractivity contribution in [1.29, 1.82) is 0 Å². The lowest BCUT2D eigenvalue weighted by molar-refractivity contribution is -0.121. The molecule has 7 unspecified atom stereocenters. The average Bonchev–Trinajstić information content (AvgIpc) is 2.83. The van der Waals surface area contributed by atoms with Gasteiger partial charge in [0.25, 0.3) is 0 Å². The molecule has 0 aliphatic heterocycles. The molecule has 0 aromatic carbocycles. The number of hydrogen-bond donors (Lipinski definition) is 1. The molecule has 0 radical (unpaired) electrons. The quantitative estimate of drug-likeness (QED) is 0.787. The molecule has 0 saturated heterocycles. The van der Waals surface area contributed by atoms with Crippen molar-refractivity contribution in [2.75, 3.05) is 14.2 Å². The van der Waals surface area contributed by atoms with Gasteiger partial charge in [-0.1, -0.05) is 13.8 Å². The first-order chi connectivity index (χ1) is 11.8. The van der Waals surface area contributed by atoms with Gasteiger partial charge in [-0.3, -0.25) is 0 Å². The normalized spacial score (nSPS) is 52.4. The van der Waals surface area contributed by atoms with Crippen LogP contribution in [0.2, 0.25) is 0 Å². The van der Waals surface area contributed by atoms with Crippen molar-refractivity contribution >= 4 is 0 Å². The maximum absolute atomic E-state index is 11.0. The van der Waals surface area contributed by atoms with Gasteiger partial charge in [-0.2, -0.15) is 0 Å². The Morgan fingerprint density at radius 1 is 0.920 bits per heavy atom. The summed E-state index contributed by atoms with van der Waals surface area (Å²) in [5.74, 6) is 3.32. The maximum Gasteiger partial charge on any atom is 0.124 e. The van der Waals surface area contributed by atoms with E-state index in [0.717, 1.165) is 36.9 Å². The summed E-state index contributed by atoms with van der Waals surface area (Å²) in [7, 11) is 3.63. The summed E-state index contributed by atoms with van der Waals surface area (Å²) in [6.45, 7) is 6.97. The molecule has 4 aliphatic carbocycles. The first-order valence-electron chi connectivity index (χ1n) is 10.3. The lowest BCUT2D eigenvalue weighted by atomic mass is 9.46. The van der Waals surface area contributed by atoms with Crippen molar-refractivity contribution in [3.05, 3.63) is 11.3 Å². The second-order valence-electron chi connectivity index (χ2n) is 9.91. The van der Waals surface area contributed by atoms with E-state index < -0.39 is 5.60 Å². The Kier molecular flexibility index (Phi) is 4.09. The zero-order chi connectivity index (χ0) is 18.0. The molecule has 0 spiro atoms. The molecule has 0 aromatic rings. The Labute approximate surface area is 153 Å². The third-order valence-corrected chi connectivity index (χ3v) is 9.25. The smallest absolute Gasteiger partial charge is 0.124 e. The van der Waals surface area contributed by atoms with E-state index in [2.05, 4.69) is 20.8 Å². The van der Waals surface area contributed by atoms with Gasteiger partial charge >= 0.3 is 0 Å². The van der Waals surface area contributed by atoms with Gasteiger partial charge in [0, 0.05) is 7.11 Å². The van der Waals surface area contributed by atoms with Crippen molar-refractivity contribution < 1.29 is 14.6 Å². The highest BCUT2D eigenvalue weighted by atomic mass is 16.5. The molecule has 3 heteroatoms. The largest absolute Gasteiger partial charge is 0.498 e. The number of allylic oxidation sites excluding steroid dienone is 1. The van der Waals surface area contributed by atoms with Gasteiger partial charge < -0.3 is 14.6 Å². The van der Waals surface area contributed by atoms with Gasteiger partial charge in [-0.25, -0.2) is 0 Å². The Morgan fingerprint density at radius 3 is 2.32 bits per heavy atom. The minimum absolute atomic E-state index is 0.111. The van der Waals surface area contributed by atoms with Crippen molar-refractivity contribution in [3.63, 3.8) is 0 Å². The summed E-state index contributed by atoms with van der Waals surface area (Å²) in [6, 6.07) is 0. The van der Waals surface area contributed by atoms with Crippen LogP contribution in [0.5, 0.6) is 0 Å². The molecule has 7 atom stereocenters. The third-order valence-electron chi connectivity index (χ3n) is 9.25. The number of hydrogen-bond acceptors (Lipinski definition) is 3. The van der Waals surface area contributed by atoms with Gasteiger partial charge in [-0.05, 0) is 92.4 Å². The summed E-state index contributed by atoms with van der Waals surface area (Å²) in [6.07, 6.45) is 9.45. The lowest BCUT2D eigenvalue weighted by Gasteiger charge is -2.59. The van der Waals surface area contributed by atoms with Crippen LogP contribution in [-0.4, -0.2) is 31.0 Å². The summed E-state index contributed by atoms with van der Waals surface area (Å²) in [4.78, 5) is 0. The van der Waals surface area contributed by atoms with E-state index in [1.165, 1.54) is 32.1 Å². The molecular formula is C22H36O3. The van der Waals surface area contributed by atoms with E-state index in [9.17, 15) is 5.11 Å². The summed E-state index contributed by atoms with van der Waals surface area (Å²) >= 11 is 0. The molecule has 3 nitrogen and oxygen atoms in total. The predicted octanol–water partition coefficient (Wildman–Crippen LogP) is 4.69. The monoisotopic (exact) mass is 348 g/mol. The third kappa shape index (κ3) is 2.24. The van der Waals surface area contributed by atoms with Gasteiger partial charge in [0.05, 0.1) is 12.7 Å². The number of fused-ring (bicyclic) bond motifs is 5. The predicted molar refractivity (Wildman–Crippen MR) is 99.1 cm³/mol. The van der Waals surface area contributed by atoms with Crippen LogP contribution in [0, 0.1) is 28.6 Å². The van der Waals surface area contributed by atoms with Crippen LogP contribution in [-0.2, 0) is 9.47 Å². The minimum Gasteiger partial charge on any atom is -0.498 e. The standard InChI is InChI=1S/C22H36O3/c1-20-11-10-18(24-4)19(25-5)17(20)7-6-14-15(20)8-12-21(2)16(14)9-13-22(21,3)23/h14-16,18,23H,6-13H2,1-5H3. The molecular weight excluding hydrogens is 312 g/mol. The molecule has 1 N–H and O–H groups in total. The fourth-order valence-electron chi connectivity index (χ4n) is 7.52. The Bertz CT molecular complexity index is 580. The van der Waals surface area contributed by atoms with E-state index in [4.69, 9.17) is 9.47 Å². The Hall–Kier alpha value is -0.540. The molecule has 3 fully saturated rings. The second-order valence-corrected chi connectivity index (χ2v) is 9.91. The zero-order valence-corrected chi connectivity index (χ0v) is 16.7. The molecule has 4 aliphatic rings. The molecule has 142 valence electrons. The molecule has 25 heavy (non-hydrogen) atoms. The van der Waals surface area contributed by atoms with Crippen molar-refractivity contribution in [1.82, 2.24) is 0 Å². The van der Waals surface area contributed by atoms with E-state index in [1.807, 2.05) is 14.2 Å². The Morgan fingerprint density at radius 2 is 1.64 bits per heavy atom. The van der Waals surface area contributed by atoms with Crippen LogP contribution in [0.1, 0.15) is 72.1 Å². The van der Waals surface area contributed by atoms with Crippen molar-refractivity contribution in [2.24, 2.45) is 28.6 Å². The van der Waals surface area contributed by atoms with Gasteiger partial charge in [0.1, 0.15) is 11.9 Å². The molecule has 4 rings (SSSR count). The molecule has 3 saturated carbocycles. The first kappa shape index (κ1) is 17.9. The molecule has 0 aromatic heterocycles. The fraction of sp³-hybridized carbons (Fsp3) is 0.909. The molecule has 0 heterocycles. The number of methoxy groups -OCH3 is 2. The number of ether oxygens (including phenoxy) is 2. The van der Waals surface area contributed by atoms with Crippen LogP contribution in [0.15, 0.2) is 11.3 Å². The van der Waals surface area contributed by atoms with Crippen LogP contribution in [0.25, 0.3) is 0 Å². The van der Waals surface area contributed by atoms with E-state index in [1.54, 1.807) is 5.57 Å². The van der Waals surface area contributed by atoms with E-state index >= 15 is 0 Å². The van der Waals surface area contributed by atoms with Gasteiger partial charge in [-0.15, -0.1) is 0 Å². The van der Waals surface area contributed by atoms with Crippen LogP contribution >= 0.6 is 0 Å². The van der Waals surface area contributed by atoms with E-state index in [0.29, 0.717) is 5.92 Å². The highest BCUT2D eigenvalue weighted by Crippen LogP contribution is 2.68. The van der Waals surface area contributed by atoms with Gasteiger partial charge in [0.15, 0.2) is 0 Å².